The third-order valence-electron chi connectivity index (χ3n) is 2.71. The van der Waals surface area contributed by atoms with Gasteiger partial charge in [-0.25, -0.2) is 4.79 Å². The molecule has 20 heavy (non-hydrogen) atoms. The van der Waals surface area contributed by atoms with Crippen LogP contribution in [0.15, 0.2) is 43.0 Å². The van der Waals surface area contributed by atoms with Crippen molar-refractivity contribution in [1.29, 1.82) is 0 Å². The SMILES string of the molecule is C=CCCNC(=O)N(CCCC(=O)O)c1ccccc1. The molecule has 5 nitrogen and oxygen atoms in total. The zero-order valence-corrected chi connectivity index (χ0v) is 11.4. The summed E-state index contributed by atoms with van der Waals surface area (Å²) in [5.41, 5.74) is 0.758. The Kier molecular flexibility index (Phi) is 6.89. The Morgan fingerprint density at radius 3 is 2.60 bits per heavy atom. The second-order valence-corrected chi connectivity index (χ2v) is 4.29. The molecule has 1 aromatic carbocycles. The Bertz CT molecular complexity index is 446. The van der Waals surface area contributed by atoms with Gasteiger partial charge in [0.1, 0.15) is 0 Å². The third-order valence-corrected chi connectivity index (χ3v) is 2.71. The number of nitrogens with zero attached hydrogens (tertiary/aromatic N) is 1. The molecule has 0 aliphatic rings. The van der Waals surface area contributed by atoms with Crippen LogP contribution in [0.3, 0.4) is 0 Å². The first kappa shape index (κ1) is 15.8. The number of nitrogens with one attached hydrogen (secondary N) is 1. The van der Waals surface area contributed by atoms with Crippen molar-refractivity contribution in [2.75, 3.05) is 18.0 Å². The minimum absolute atomic E-state index is 0.0449. The molecule has 1 rings (SSSR count). The van der Waals surface area contributed by atoms with Gasteiger partial charge in [-0.3, -0.25) is 9.69 Å². The molecule has 0 heterocycles. The molecule has 0 aromatic heterocycles. The highest BCUT2D eigenvalue weighted by atomic mass is 16.4. The smallest absolute Gasteiger partial charge is 0.321 e. The number of benzene rings is 1. The fourth-order valence-corrected chi connectivity index (χ4v) is 1.72. The van der Waals surface area contributed by atoms with Crippen LogP contribution < -0.4 is 10.2 Å². The van der Waals surface area contributed by atoms with E-state index in [4.69, 9.17) is 5.11 Å². The Hall–Kier alpha value is -2.30. The molecule has 0 atom stereocenters. The Labute approximate surface area is 118 Å². The summed E-state index contributed by atoms with van der Waals surface area (Å²) in [7, 11) is 0. The van der Waals surface area contributed by atoms with E-state index in [0.717, 1.165) is 5.69 Å². The summed E-state index contributed by atoms with van der Waals surface area (Å²) in [4.78, 5) is 24.3. The molecule has 0 bridgehead atoms. The maximum Gasteiger partial charge on any atom is 0.321 e. The molecule has 0 aliphatic heterocycles. The van der Waals surface area contributed by atoms with Gasteiger partial charge in [-0.15, -0.1) is 6.58 Å². The molecule has 2 N–H and O–H groups in total. The van der Waals surface area contributed by atoms with Crippen LogP contribution in [0.2, 0.25) is 0 Å². The van der Waals surface area contributed by atoms with Gasteiger partial charge in [-0.05, 0) is 25.0 Å². The normalized spacial score (nSPS) is 9.80. The molecule has 5 heteroatoms. The lowest BCUT2D eigenvalue weighted by Gasteiger charge is -2.23. The van der Waals surface area contributed by atoms with Gasteiger partial charge in [0.15, 0.2) is 0 Å². The molecular weight excluding hydrogens is 256 g/mol. The molecule has 108 valence electrons. The van der Waals surface area contributed by atoms with Crippen LogP contribution >= 0.6 is 0 Å². The van der Waals surface area contributed by atoms with Crippen molar-refractivity contribution in [1.82, 2.24) is 5.32 Å². The molecule has 1 aromatic rings. The quantitative estimate of drug-likeness (QED) is 0.566. The maximum atomic E-state index is 12.1. The number of carboxylic acid groups (broad SMARTS) is 1. The number of carboxylic acids is 1. The fourth-order valence-electron chi connectivity index (χ4n) is 1.72. The maximum absolute atomic E-state index is 12.1. The summed E-state index contributed by atoms with van der Waals surface area (Å²) in [6, 6.07) is 8.99. The van der Waals surface area contributed by atoms with Crippen LogP contribution in [0.25, 0.3) is 0 Å². The van der Waals surface area contributed by atoms with Gasteiger partial charge < -0.3 is 10.4 Å². The minimum atomic E-state index is -0.856. The van der Waals surface area contributed by atoms with Crippen molar-refractivity contribution in [3.05, 3.63) is 43.0 Å². The van der Waals surface area contributed by atoms with Gasteiger partial charge in [0.05, 0.1) is 0 Å². The number of hydrogen-bond acceptors (Lipinski definition) is 2. The Morgan fingerprint density at radius 1 is 1.30 bits per heavy atom. The van der Waals surface area contributed by atoms with Crippen LogP contribution in [0, 0.1) is 0 Å². The van der Waals surface area contributed by atoms with Gasteiger partial charge in [0, 0.05) is 25.2 Å². The van der Waals surface area contributed by atoms with Crippen LogP contribution in [0.1, 0.15) is 19.3 Å². The number of anilines is 1. The van der Waals surface area contributed by atoms with E-state index in [1.54, 1.807) is 11.0 Å². The van der Waals surface area contributed by atoms with Gasteiger partial charge in [-0.2, -0.15) is 0 Å². The lowest BCUT2D eigenvalue weighted by molar-refractivity contribution is -0.137. The number of para-hydroxylation sites is 1. The van der Waals surface area contributed by atoms with E-state index < -0.39 is 5.97 Å². The molecule has 0 saturated heterocycles. The average molecular weight is 276 g/mol. The van der Waals surface area contributed by atoms with Gasteiger partial charge in [-0.1, -0.05) is 24.3 Å². The summed E-state index contributed by atoms with van der Waals surface area (Å²) >= 11 is 0. The first-order chi connectivity index (χ1) is 9.65. The monoisotopic (exact) mass is 276 g/mol. The van der Waals surface area contributed by atoms with E-state index in [9.17, 15) is 9.59 Å². The lowest BCUT2D eigenvalue weighted by Crippen LogP contribution is -2.41. The van der Waals surface area contributed by atoms with E-state index >= 15 is 0 Å². The van der Waals surface area contributed by atoms with Crippen molar-refractivity contribution in [2.24, 2.45) is 0 Å². The van der Waals surface area contributed by atoms with Gasteiger partial charge >= 0.3 is 12.0 Å². The highest BCUT2D eigenvalue weighted by molar-refractivity contribution is 5.91. The fraction of sp³-hybridized carbons (Fsp3) is 0.333. The highest BCUT2D eigenvalue weighted by Crippen LogP contribution is 2.14. The number of carbonyl (C=O) groups excluding carboxylic acids is 1. The molecular formula is C15H20N2O3. The second kappa shape index (κ2) is 8.74. The van der Waals surface area contributed by atoms with Crippen molar-refractivity contribution in [3.63, 3.8) is 0 Å². The van der Waals surface area contributed by atoms with Crippen LogP contribution in [-0.2, 0) is 4.79 Å². The first-order valence-electron chi connectivity index (χ1n) is 6.58. The van der Waals surface area contributed by atoms with Gasteiger partial charge in [0.2, 0.25) is 0 Å². The first-order valence-corrected chi connectivity index (χ1v) is 6.58. The Balaban J connectivity index is 2.66. The standard InChI is InChI=1S/C15H20N2O3/c1-2-3-11-16-15(20)17(12-7-10-14(18)19)13-8-5-4-6-9-13/h2,4-6,8-9H,1,3,7,10-12H2,(H,16,20)(H,18,19). The molecule has 0 saturated carbocycles. The number of rotatable bonds is 8. The molecule has 0 unspecified atom stereocenters. The van der Waals surface area contributed by atoms with E-state index in [1.165, 1.54) is 0 Å². The summed E-state index contributed by atoms with van der Waals surface area (Å²) in [5.74, 6) is -0.856. The number of aliphatic carboxylic acids is 1. The van der Waals surface area contributed by atoms with Crippen LogP contribution in [0.5, 0.6) is 0 Å². The number of amides is 2. The zero-order chi connectivity index (χ0) is 14.8. The predicted molar refractivity (Wildman–Crippen MR) is 78.9 cm³/mol. The van der Waals surface area contributed by atoms with Crippen molar-refractivity contribution < 1.29 is 14.7 Å². The summed E-state index contributed by atoms with van der Waals surface area (Å²) in [5, 5.41) is 11.5. The van der Waals surface area contributed by atoms with Crippen molar-refractivity contribution >= 4 is 17.7 Å². The second-order valence-electron chi connectivity index (χ2n) is 4.29. The average Bonchev–Trinajstić information content (AvgIpc) is 2.44. The predicted octanol–water partition coefficient (Wildman–Crippen LogP) is 2.64. The van der Waals surface area contributed by atoms with Crippen LogP contribution in [0.4, 0.5) is 10.5 Å². The molecule has 0 radical (unpaired) electrons. The number of hydrogen-bond donors (Lipinski definition) is 2. The van der Waals surface area contributed by atoms with Crippen LogP contribution in [-0.4, -0.2) is 30.2 Å². The largest absolute Gasteiger partial charge is 0.481 e. The van der Waals surface area contributed by atoms with E-state index in [1.807, 2.05) is 30.3 Å². The molecule has 0 spiro atoms. The van der Waals surface area contributed by atoms with E-state index in [-0.39, 0.29) is 12.5 Å². The zero-order valence-electron chi connectivity index (χ0n) is 11.4. The number of urea groups is 1. The van der Waals surface area contributed by atoms with Crippen molar-refractivity contribution in [3.8, 4) is 0 Å². The topological polar surface area (TPSA) is 69.6 Å². The lowest BCUT2D eigenvalue weighted by atomic mass is 10.2. The summed E-state index contributed by atoms with van der Waals surface area (Å²) < 4.78 is 0. The summed E-state index contributed by atoms with van der Waals surface area (Å²) in [6.07, 6.45) is 2.89. The van der Waals surface area contributed by atoms with Gasteiger partial charge in [0.25, 0.3) is 0 Å². The third kappa shape index (κ3) is 5.56. The highest BCUT2D eigenvalue weighted by Gasteiger charge is 2.14. The number of carbonyl (C=O) groups is 2. The Morgan fingerprint density at radius 2 is 2.00 bits per heavy atom. The molecule has 0 fully saturated rings. The van der Waals surface area contributed by atoms with E-state index in [2.05, 4.69) is 11.9 Å². The van der Waals surface area contributed by atoms with E-state index in [0.29, 0.717) is 25.9 Å². The van der Waals surface area contributed by atoms with Crippen molar-refractivity contribution in [2.45, 2.75) is 19.3 Å². The summed E-state index contributed by atoms with van der Waals surface area (Å²) in [6.45, 7) is 4.49. The minimum Gasteiger partial charge on any atom is -0.481 e. The molecule has 2 amide bonds. The molecule has 0 aliphatic carbocycles.